The molecular weight excluding hydrogens is 384 g/mol. The Balaban J connectivity index is 1.63. The van der Waals surface area contributed by atoms with E-state index in [1.54, 1.807) is 26.0 Å². The van der Waals surface area contributed by atoms with Gasteiger partial charge in [-0.05, 0) is 32.4 Å². The molecule has 0 N–H and O–H groups in total. The summed E-state index contributed by atoms with van der Waals surface area (Å²) in [5, 5.41) is 0. The van der Waals surface area contributed by atoms with Crippen LogP contribution in [-0.4, -0.2) is 60.9 Å². The fraction of sp³-hybridized carbons (Fsp3) is 0.421. The normalized spacial score (nSPS) is 18.0. The predicted octanol–water partition coefficient (Wildman–Crippen LogP) is 1.84. The molecular formula is C19H22N2O6S. The van der Waals surface area contributed by atoms with Crippen LogP contribution >= 0.6 is 0 Å². The molecule has 0 unspecified atom stereocenters. The number of sulfone groups is 1. The van der Waals surface area contributed by atoms with E-state index < -0.39 is 28.3 Å². The number of hydrogen-bond donors (Lipinski definition) is 0. The van der Waals surface area contributed by atoms with Gasteiger partial charge in [-0.3, -0.25) is 4.79 Å². The highest BCUT2D eigenvalue weighted by atomic mass is 32.2. The Hall–Kier alpha value is -2.68. The highest BCUT2D eigenvalue weighted by molar-refractivity contribution is 7.91. The highest BCUT2D eigenvalue weighted by Crippen LogP contribution is 2.22. The van der Waals surface area contributed by atoms with Crippen molar-refractivity contribution in [1.29, 1.82) is 0 Å². The van der Waals surface area contributed by atoms with Gasteiger partial charge in [0.2, 0.25) is 5.89 Å². The fourth-order valence-corrected chi connectivity index (χ4v) is 4.96. The summed E-state index contributed by atoms with van der Waals surface area (Å²) in [6, 6.07) is 8.74. The maximum atomic E-state index is 12.4. The lowest BCUT2D eigenvalue weighted by Gasteiger charge is -2.26. The lowest BCUT2D eigenvalue weighted by atomic mass is 10.2. The first kappa shape index (κ1) is 20.1. The number of hydrogen-bond acceptors (Lipinski definition) is 7. The lowest BCUT2D eigenvalue weighted by Crippen LogP contribution is -2.43. The third kappa shape index (κ3) is 4.41. The average Bonchev–Trinajstić information content (AvgIpc) is 3.23. The van der Waals surface area contributed by atoms with Gasteiger partial charge in [-0.15, -0.1) is 0 Å². The van der Waals surface area contributed by atoms with E-state index >= 15 is 0 Å². The van der Waals surface area contributed by atoms with Crippen molar-refractivity contribution in [3.05, 3.63) is 41.8 Å². The van der Waals surface area contributed by atoms with E-state index in [1.807, 2.05) is 18.2 Å². The maximum Gasteiger partial charge on any atom is 0.361 e. The van der Waals surface area contributed by atoms with E-state index in [0.717, 1.165) is 5.56 Å². The van der Waals surface area contributed by atoms with Gasteiger partial charge >= 0.3 is 5.97 Å². The topological polar surface area (TPSA) is 107 Å². The Morgan fingerprint density at radius 2 is 2.00 bits per heavy atom. The number of rotatable bonds is 6. The molecule has 2 heterocycles. The molecule has 1 amide bonds. The van der Waals surface area contributed by atoms with E-state index in [1.165, 1.54) is 4.90 Å². The van der Waals surface area contributed by atoms with Crippen molar-refractivity contribution in [1.82, 2.24) is 9.88 Å². The Morgan fingerprint density at radius 1 is 1.29 bits per heavy atom. The Labute approximate surface area is 163 Å². The van der Waals surface area contributed by atoms with Crippen LogP contribution in [-0.2, 0) is 19.4 Å². The van der Waals surface area contributed by atoms with Crippen LogP contribution in [0.15, 0.2) is 34.7 Å². The van der Waals surface area contributed by atoms with Gasteiger partial charge in [0.15, 0.2) is 22.1 Å². The predicted molar refractivity (Wildman–Crippen MR) is 101 cm³/mol. The van der Waals surface area contributed by atoms with Crippen molar-refractivity contribution in [2.24, 2.45) is 0 Å². The number of aromatic nitrogens is 1. The van der Waals surface area contributed by atoms with Crippen molar-refractivity contribution in [2.75, 3.05) is 24.7 Å². The van der Waals surface area contributed by atoms with Gasteiger partial charge in [0.1, 0.15) is 5.76 Å². The largest absolute Gasteiger partial charge is 0.451 e. The molecule has 9 heteroatoms. The third-order valence-electron chi connectivity index (χ3n) is 4.65. The van der Waals surface area contributed by atoms with Crippen LogP contribution in [0.4, 0.5) is 0 Å². The van der Waals surface area contributed by atoms with Crippen LogP contribution in [0.3, 0.4) is 0 Å². The zero-order valence-corrected chi connectivity index (χ0v) is 16.6. The van der Waals surface area contributed by atoms with E-state index in [9.17, 15) is 18.0 Å². The molecule has 2 aromatic rings. The Morgan fingerprint density at radius 3 is 2.61 bits per heavy atom. The summed E-state index contributed by atoms with van der Waals surface area (Å²) in [6.07, 6.45) is 0.401. The van der Waals surface area contributed by atoms with Crippen LogP contribution in [0.1, 0.15) is 29.6 Å². The second-order valence-electron chi connectivity index (χ2n) is 6.60. The molecule has 1 aromatic heterocycles. The smallest absolute Gasteiger partial charge is 0.361 e. The molecule has 1 aromatic carbocycles. The lowest BCUT2D eigenvalue weighted by molar-refractivity contribution is -0.136. The maximum absolute atomic E-state index is 12.4. The first-order chi connectivity index (χ1) is 13.3. The van der Waals surface area contributed by atoms with Gasteiger partial charge < -0.3 is 14.1 Å². The van der Waals surface area contributed by atoms with E-state index in [2.05, 4.69) is 4.98 Å². The molecule has 8 nitrogen and oxygen atoms in total. The van der Waals surface area contributed by atoms with E-state index in [0.29, 0.717) is 24.6 Å². The van der Waals surface area contributed by atoms with Crippen LogP contribution in [0.5, 0.6) is 0 Å². The Kier molecular flexibility index (Phi) is 5.83. The number of amides is 1. The summed E-state index contributed by atoms with van der Waals surface area (Å²) < 4.78 is 33.9. The Bertz CT molecular complexity index is 968. The van der Waals surface area contributed by atoms with Gasteiger partial charge in [-0.25, -0.2) is 18.2 Å². The van der Waals surface area contributed by atoms with Gasteiger partial charge in [-0.1, -0.05) is 18.2 Å². The van der Waals surface area contributed by atoms with Gasteiger partial charge in [0, 0.05) is 18.2 Å². The zero-order chi connectivity index (χ0) is 20.3. The van der Waals surface area contributed by atoms with Crippen LogP contribution < -0.4 is 0 Å². The molecule has 0 aliphatic carbocycles. The molecule has 0 saturated carbocycles. The summed E-state index contributed by atoms with van der Waals surface area (Å²) >= 11 is 0. The fourth-order valence-electron chi connectivity index (χ4n) is 3.23. The molecule has 28 heavy (non-hydrogen) atoms. The van der Waals surface area contributed by atoms with Crippen molar-refractivity contribution >= 4 is 21.7 Å². The minimum Gasteiger partial charge on any atom is -0.451 e. The molecule has 1 fully saturated rings. The van der Waals surface area contributed by atoms with Gasteiger partial charge in [0.25, 0.3) is 5.91 Å². The molecule has 0 bridgehead atoms. The number of carbonyl (C=O) groups excluding carboxylic acids is 2. The van der Waals surface area contributed by atoms with Crippen molar-refractivity contribution in [3.8, 4) is 11.5 Å². The van der Waals surface area contributed by atoms with Crippen molar-refractivity contribution in [2.45, 2.75) is 26.3 Å². The summed E-state index contributed by atoms with van der Waals surface area (Å²) in [6.45, 7) is 3.23. The minimum atomic E-state index is -3.11. The number of benzene rings is 1. The van der Waals surface area contributed by atoms with Crippen LogP contribution in [0, 0.1) is 6.92 Å². The summed E-state index contributed by atoms with van der Waals surface area (Å²) in [5.41, 5.74) is 0.735. The average molecular weight is 406 g/mol. The van der Waals surface area contributed by atoms with Gasteiger partial charge in [0.05, 0.1) is 11.5 Å². The SMILES string of the molecule is CCN(C(=O)COC(=O)c1nc(-c2ccccc2)oc1C)[C@H]1CCS(=O)(=O)C1. The second-order valence-corrected chi connectivity index (χ2v) is 8.83. The molecule has 1 saturated heterocycles. The first-order valence-corrected chi connectivity index (χ1v) is 10.8. The van der Waals surface area contributed by atoms with E-state index in [4.69, 9.17) is 9.15 Å². The number of carbonyl (C=O) groups is 2. The molecule has 1 aliphatic heterocycles. The van der Waals surface area contributed by atoms with Crippen molar-refractivity contribution < 1.29 is 27.2 Å². The van der Waals surface area contributed by atoms with Crippen LogP contribution in [0.2, 0.25) is 0 Å². The summed E-state index contributed by atoms with van der Waals surface area (Å²) in [4.78, 5) is 30.4. The minimum absolute atomic E-state index is 0.0122. The number of oxazole rings is 1. The highest BCUT2D eigenvalue weighted by Gasteiger charge is 2.34. The van der Waals surface area contributed by atoms with Gasteiger partial charge in [-0.2, -0.15) is 0 Å². The number of nitrogens with zero attached hydrogens (tertiary/aromatic N) is 2. The number of likely N-dealkylation sites (N-methyl/N-ethyl adjacent to an activating group) is 1. The standard InChI is InChI=1S/C19H22N2O6S/c1-3-21(15-9-10-28(24,25)12-15)16(22)11-26-19(23)17-13(2)27-18(20-17)14-7-5-4-6-8-14/h4-8,15H,3,9-12H2,1-2H3/t15-/m0/s1. The number of ether oxygens (including phenoxy) is 1. The number of aryl methyl sites for hydroxylation is 1. The molecule has 1 aliphatic rings. The van der Waals surface area contributed by atoms with Crippen molar-refractivity contribution in [3.63, 3.8) is 0 Å². The molecule has 3 rings (SSSR count). The monoisotopic (exact) mass is 406 g/mol. The second kappa shape index (κ2) is 8.14. The molecule has 150 valence electrons. The third-order valence-corrected chi connectivity index (χ3v) is 6.40. The molecule has 1 atom stereocenters. The number of esters is 1. The van der Waals surface area contributed by atoms with E-state index in [-0.39, 0.29) is 23.2 Å². The summed E-state index contributed by atoms with van der Waals surface area (Å²) in [5.74, 6) is -0.576. The van der Waals surface area contributed by atoms with Crippen LogP contribution in [0.25, 0.3) is 11.5 Å². The first-order valence-electron chi connectivity index (χ1n) is 9.00. The quantitative estimate of drug-likeness (QED) is 0.674. The molecule has 0 spiro atoms. The summed E-state index contributed by atoms with van der Waals surface area (Å²) in [7, 11) is -3.11. The zero-order valence-electron chi connectivity index (χ0n) is 15.8. The molecule has 0 radical (unpaired) electrons.